The monoisotopic (exact) mass is 249 g/mol. The second kappa shape index (κ2) is 7.61. The van der Waals surface area contributed by atoms with Gasteiger partial charge in [0, 0.05) is 20.1 Å². The molecule has 4 nitrogen and oxygen atoms in total. The summed E-state index contributed by atoms with van der Waals surface area (Å²) in [6.45, 7) is 2.21. The Hall–Kier alpha value is -1.68. The molecule has 1 atom stereocenters. The highest BCUT2D eigenvalue weighted by Gasteiger charge is 2.19. The van der Waals surface area contributed by atoms with Crippen LogP contribution in [0.25, 0.3) is 0 Å². The molecule has 98 valence electrons. The van der Waals surface area contributed by atoms with E-state index in [2.05, 4.69) is 5.32 Å². The van der Waals surface area contributed by atoms with E-state index < -0.39 is 5.92 Å². The van der Waals surface area contributed by atoms with Crippen molar-refractivity contribution < 1.29 is 14.3 Å². The number of Topliss-reactive ketones (excluding diaryl/α,β-unsaturated/α-hetero) is 1. The van der Waals surface area contributed by atoms with Gasteiger partial charge in [0.05, 0.1) is 12.5 Å². The number of methoxy groups -OCH3 is 1. The first-order chi connectivity index (χ1) is 8.63. The second-order valence-electron chi connectivity index (χ2n) is 4.26. The van der Waals surface area contributed by atoms with E-state index in [0.29, 0.717) is 6.54 Å². The van der Waals surface area contributed by atoms with Gasteiger partial charge in [0.1, 0.15) is 5.78 Å². The van der Waals surface area contributed by atoms with Gasteiger partial charge in [-0.2, -0.15) is 0 Å². The predicted octanol–water partition coefficient (Wildman–Crippen LogP) is 1.54. The third-order valence-electron chi connectivity index (χ3n) is 2.58. The topological polar surface area (TPSA) is 55.4 Å². The van der Waals surface area contributed by atoms with Crippen molar-refractivity contribution in [2.75, 3.05) is 13.7 Å². The highest BCUT2D eigenvalue weighted by atomic mass is 16.5. The summed E-state index contributed by atoms with van der Waals surface area (Å²) >= 11 is 0. The molecule has 0 aromatic heterocycles. The van der Waals surface area contributed by atoms with Crippen LogP contribution >= 0.6 is 0 Å². The van der Waals surface area contributed by atoms with E-state index in [1.807, 2.05) is 30.3 Å². The van der Waals surface area contributed by atoms with Gasteiger partial charge in [-0.05, 0) is 12.5 Å². The molecule has 0 aliphatic rings. The molecule has 0 bridgehead atoms. The smallest absolute Gasteiger partial charge is 0.226 e. The standard InChI is InChI=1S/C14H19NO3/c1-11(16)8-13(10-18-2)14(17)15-9-12-6-4-3-5-7-12/h3-7,13H,8-10H2,1-2H3,(H,15,17). The number of amides is 1. The first-order valence-corrected chi connectivity index (χ1v) is 5.93. The zero-order chi connectivity index (χ0) is 13.4. The number of ketones is 1. The summed E-state index contributed by atoms with van der Waals surface area (Å²) in [6.07, 6.45) is 0.217. The average molecular weight is 249 g/mol. The number of hydrogen-bond acceptors (Lipinski definition) is 3. The van der Waals surface area contributed by atoms with E-state index in [1.165, 1.54) is 14.0 Å². The number of carbonyl (C=O) groups excluding carboxylic acids is 2. The number of carbonyl (C=O) groups is 2. The van der Waals surface area contributed by atoms with Crippen LogP contribution in [0, 0.1) is 5.92 Å². The minimum absolute atomic E-state index is 0.00749. The third kappa shape index (κ3) is 5.10. The quantitative estimate of drug-likeness (QED) is 0.797. The molecule has 0 spiro atoms. The van der Waals surface area contributed by atoms with E-state index in [0.717, 1.165) is 5.56 Å². The summed E-state index contributed by atoms with van der Waals surface area (Å²) in [5.41, 5.74) is 1.03. The van der Waals surface area contributed by atoms with E-state index in [9.17, 15) is 9.59 Å². The predicted molar refractivity (Wildman–Crippen MR) is 69.0 cm³/mol. The lowest BCUT2D eigenvalue weighted by molar-refractivity contribution is -0.130. The normalized spacial score (nSPS) is 11.9. The number of nitrogens with one attached hydrogen (secondary N) is 1. The van der Waals surface area contributed by atoms with Crippen molar-refractivity contribution in [3.05, 3.63) is 35.9 Å². The molecule has 1 N–H and O–H groups in total. The number of rotatable bonds is 7. The van der Waals surface area contributed by atoms with Gasteiger partial charge in [-0.3, -0.25) is 4.79 Å². The first-order valence-electron chi connectivity index (χ1n) is 5.93. The van der Waals surface area contributed by atoms with Gasteiger partial charge in [0.15, 0.2) is 0 Å². The average Bonchev–Trinajstić information content (AvgIpc) is 2.36. The molecule has 0 fully saturated rings. The summed E-state index contributed by atoms with van der Waals surface area (Å²) in [5.74, 6) is -0.556. The molecule has 0 saturated heterocycles. The van der Waals surface area contributed by atoms with Crippen molar-refractivity contribution >= 4 is 11.7 Å². The molecular weight excluding hydrogens is 230 g/mol. The minimum atomic E-state index is -0.406. The Balaban J connectivity index is 2.48. The van der Waals surface area contributed by atoms with Gasteiger partial charge in [-0.25, -0.2) is 0 Å². The first kappa shape index (κ1) is 14.4. The molecule has 18 heavy (non-hydrogen) atoms. The van der Waals surface area contributed by atoms with Crippen LogP contribution in [0.3, 0.4) is 0 Å². The van der Waals surface area contributed by atoms with Crippen molar-refractivity contribution in [2.45, 2.75) is 19.9 Å². The van der Waals surface area contributed by atoms with Gasteiger partial charge in [-0.15, -0.1) is 0 Å². The van der Waals surface area contributed by atoms with Crippen LogP contribution in [0.5, 0.6) is 0 Å². The van der Waals surface area contributed by atoms with Crippen LogP contribution < -0.4 is 5.32 Å². The molecule has 0 aliphatic heterocycles. The zero-order valence-corrected chi connectivity index (χ0v) is 10.8. The molecule has 0 radical (unpaired) electrons. The summed E-state index contributed by atoms with van der Waals surface area (Å²) in [7, 11) is 1.53. The fourth-order valence-electron chi connectivity index (χ4n) is 1.70. The second-order valence-corrected chi connectivity index (χ2v) is 4.26. The van der Waals surface area contributed by atoms with Crippen molar-refractivity contribution in [1.29, 1.82) is 0 Å². The highest BCUT2D eigenvalue weighted by Crippen LogP contribution is 2.06. The fourth-order valence-corrected chi connectivity index (χ4v) is 1.70. The van der Waals surface area contributed by atoms with Crippen LogP contribution in [-0.4, -0.2) is 25.4 Å². The van der Waals surface area contributed by atoms with Crippen molar-refractivity contribution in [1.82, 2.24) is 5.32 Å². The van der Waals surface area contributed by atoms with Gasteiger partial charge in [0.25, 0.3) is 0 Å². The molecule has 4 heteroatoms. The number of benzene rings is 1. The van der Waals surface area contributed by atoms with E-state index >= 15 is 0 Å². The molecule has 1 amide bonds. The van der Waals surface area contributed by atoms with Gasteiger partial charge in [0.2, 0.25) is 5.91 Å². The number of hydrogen-bond donors (Lipinski definition) is 1. The largest absolute Gasteiger partial charge is 0.384 e. The molecule has 1 rings (SSSR count). The van der Waals surface area contributed by atoms with Crippen LogP contribution in [0.1, 0.15) is 18.9 Å². The maximum absolute atomic E-state index is 11.9. The molecule has 0 saturated carbocycles. The summed E-state index contributed by atoms with van der Waals surface area (Å²) < 4.78 is 4.96. The van der Waals surface area contributed by atoms with Crippen LogP contribution in [0.4, 0.5) is 0 Å². The van der Waals surface area contributed by atoms with Crippen molar-refractivity contribution in [2.24, 2.45) is 5.92 Å². The summed E-state index contributed by atoms with van der Waals surface area (Å²) in [6, 6.07) is 9.65. The Morgan fingerprint density at radius 2 is 1.94 bits per heavy atom. The Kier molecular flexibility index (Phi) is 6.08. The van der Waals surface area contributed by atoms with E-state index in [1.54, 1.807) is 0 Å². The van der Waals surface area contributed by atoms with Crippen LogP contribution in [-0.2, 0) is 20.9 Å². The van der Waals surface area contributed by atoms with Gasteiger partial charge >= 0.3 is 0 Å². The zero-order valence-electron chi connectivity index (χ0n) is 10.8. The number of ether oxygens (including phenoxy) is 1. The molecule has 0 heterocycles. The van der Waals surface area contributed by atoms with E-state index in [-0.39, 0.29) is 24.7 Å². The molecule has 1 aromatic rings. The molecule has 0 aliphatic carbocycles. The van der Waals surface area contributed by atoms with Gasteiger partial charge in [-0.1, -0.05) is 30.3 Å². The van der Waals surface area contributed by atoms with Crippen LogP contribution in [0.2, 0.25) is 0 Å². The lowest BCUT2D eigenvalue weighted by Crippen LogP contribution is -2.33. The molecule has 1 aromatic carbocycles. The van der Waals surface area contributed by atoms with Gasteiger partial charge < -0.3 is 14.8 Å². The maximum atomic E-state index is 11.9. The Morgan fingerprint density at radius 1 is 1.28 bits per heavy atom. The van der Waals surface area contributed by atoms with Crippen molar-refractivity contribution in [3.63, 3.8) is 0 Å². The summed E-state index contributed by atoms with van der Waals surface area (Å²) in [5, 5.41) is 2.82. The Labute approximate surface area is 107 Å². The Morgan fingerprint density at radius 3 is 2.50 bits per heavy atom. The molecule has 1 unspecified atom stereocenters. The maximum Gasteiger partial charge on any atom is 0.226 e. The van der Waals surface area contributed by atoms with Crippen molar-refractivity contribution in [3.8, 4) is 0 Å². The Bertz CT molecular complexity index is 389. The summed E-state index contributed by atoms with van der Waals surface area (Å²) in [4.78, 5) is 23.0. The van der Waals surface area contributed by atoms with E-state index in [4.69, 9.17) is 4.74 Å². The third-order valence-corrected chi connectivity index (χ3v) is 2.58. The SMILES string of the molecule is COCC(CC(C)=O)C(=O)NCc1ccccc1. The highest BCUT2D eigenvalue weighted by molar-refractivity contribution is 5.85. The molecular formula is C14H19NO3. The lowest BCUT2D eigenvalue weighted by Gasteiger charge is -2.14. The lowest BCUT2D eigenvalue weighted by atomic mass is 10.0. The minimum Gasteiger partial charge on any atom is -0.384 e. The fraction of sp³-hybridized carbons (Fsp3) is 0.429. The van der Waals surface area contributed by atoms with Crippen LogP contribution in [0.15, 0.2) is 30.3 Å².